The SMILES string of the molecule is N#CCSc1ccccc1NC(=O)COC(=O)c1ccc2ncsc2c1. The number of esters is 1. The minimum Gasteiger partial charge on any atom is -0.452 e. The van der Waals surface area contributed by atoms with E-state index in [4.69, 9.17) is 10.00 Å². The van der Waals surface area contributed by atoms with E-state index >= 15 is 0 Å². The second-order valence-corrected chi connectivity index (χ2v) is 7.01. The third-order valence-corrected chi connectivity index (χ3v) is 5.09. The summed E-state index contributed by atoms with van der Waals surface area (Å²) in [5, 5.41) is 11.4. The zero-order chi connectivity index (χ0) is 18.4. The van der Waals surface area contributed by atoms with Crippen LogP contribution in [0.5, 0.6) is 0 Å². The van der Waals surface area contributed by atoms with E-state index in [0.717, 1.165) is 15.1 Å². The lowest BCUT2D eigenvalue weighted by atomic mass is 10.2. The topological polar surface area (TPSA) is 92.1 Å². The van der Waals surface area contributed by atoms with Gasteiger partial charge in [-0.05, 0) is 30.3 Å². The Balaban J connectivity index is 1.58. The number of aromatic nitrogens is 1. The second kappa shape index (κ2) is 8.47. The van der Waals surface area contributed by atoms with Crippen molar-refractivity contribution < 1.29 is 14.3 Å². The van der Waals surface area contributed by atoms with Crippen LogP contribution in [0, 0.1) is 11.3 Å². The molecule has 6 nitrogen and oxygen atoms in total. The van der Waals surface area contributed by atoms with Crippen LogP contribution in [-0.2, 0) is 9.53 Å². The first-order chi connectivity index (χ1) is 12.7. The summed E-state index contributed by atoms with van der Waals surface area (Å²) in [6, 6.07) is 14.3. The monoisotopic (exact) mass is 383 g/mol. The fourth-order valence-corrected chi connectivity index (χ4v) is 3.57. The lowest BCUT2D eigenvalue weighted by molar-refractivity contribution is -0.119. The van der Waals surface area contributed by atoms with E-state index in [1.165, 1.54) is 23.1 Å². The second-order valence-electron chi connectivity index (χ2n) is 5.10. The quantitative estimate of drug-likeness (QED) is 0.515. The molecule has 3 rings (SSSR count). The van der Waals surface area contributed by atoms with Crippen molar-refractivity contribution in [2.24, 2.45) is 0 Å². The molecule has 1 amide bonds. The van der Waals surface area contributed by atoms with Crippen LogP contribution in [0.3, 0.4) is 0 Å². The van der Waals surface area contributed by atoms with Gasteiger partial charge in [0.1, 0.15) is 0 Å². The number of benzene rings is 2. The lowest BCUT2D eigenvalue weighted by Crippen LogP contribution is -2.21. The number of nitrogens with zero attached hydrogens (tertiary/aromatic N) is 2. The molecule has 8 heteroatoms. The van der Waals surface area contributed by atoms with Crippen LogP contribution >= 0.6 is 23.1 Å². The van der Waals surface area contributed by atoms with Crippen LogP contribution in [0.4, 0.5) is 5.69 Å². The Morgan fingerprint density at radius 3 is 2.96 bits per heavy atom. The van der Waals surface area contributed by atoms with Crippen LogP contribution < -0.4 is 5.32 Å². The highest BCUT2D eigenvalue weighted by Crippen LogP contribution is 2.26. The summed E-state index contributed by atoms with van der Waals surface area (Å²) in [5.74, 6) is -0.730. The zero-order valence-electron chi connectivity index (χ0n) is 13.5. The van der Waals surface area contributed by atoms with Gasteiger partial charge >= 0.3 is 5.97 Å². The first-order valence-corrected chi connectivity index (χ1v) is 9.43. The summed E-state index contributed by atoms with van der Waals surface area (Å²) in [5.41, 5.74) is 3.48. The van der Waals surface area contributed by atoms with Crippen LogP contribution in [0.1, 0.15) is 10.4 Å². The number of anilines is 1. The maximum Gasteiger partial charge on any atom is 0.338 e. The predicted molar refractivity (Wildman–Crippen MR) is 101 cm³/mol. The predicted octanol–water partition coefficient (Wildman–Crippen LogP) is 3.71. The molecule has 0 bridgehead atoms. The van der Waals surface area contributed by atoms with Gasteiger partial charge in [-0.1, -0.05) is 12.1 Å². The number of fused-ring (bicyclic) bond motifs is 1. The molecule has 1 heterocycles. The van der Waals surface area contributed by atoms with Crippen LogP contribution in [0.15, 0.2) is 52.9 Å². The minimum absolute atomic E-state index is 0.280. The van der Waals surface area contributed by atoms with Gasteiger partial charge in [-0.3, -0.25) is 4.79 Å². The van der Waals surface area contributed by atoms with Crippen molar-refractivity contribution in [3.05, 3.63) is 53.5 Å². The Bertz CT molecular complexity index is 995. The molecule has 1 aromatic heterocycles. The molecule has 26 heavy (non-hydrogen) atoms. The number of ether oxygens (including phenoxy) is 1. The summed E-state index contributed by atoms with van der Waals surface area (Å²) in [7, 11) is 0. The normalized spacial score (nSPS) is 10.3. The molecule has 0 spiro atoms. The van der Waals surface area contributed by atoms with Crippen molar-refractivity contribution in [2.45, 2.75) is 4.90 Å². The molecule has 130 valence electrons. The molecule has 0 unspecified atom stereocenters. The fourth-order valence-electron chi connectivity index (χ4n) is 2.19. The molecule has 0 aliphatic carbocycles. The van der Waals surface area contributed by atoms with Gasteiger partial charge in [0.15, 0.2) is 6.61 Å². The largest absolute Gasteiger partial charge is 0.452 e. The van der Waals surface area contributed by atoms with E-state index in [2.05, 4.69) is 10.3 Å². The zero-order valence-corrected chi connectivity index (χ0v) is 15.1. The highest BCUT2D eigenvalue weighted by Gasteiger charge is 2.13. The Hall–Kier alpha value is -2.89. The van der Waals surface area contributed by atoms with E-state index in [-0.39, 0.29) is 5.75 Å². The van der Waals surface area contributed by atoms with Crippen molar-refractivity contribution >= 4 is 50.9 Å². The number of nitrogens with one attached hydrogen (secondary N) is 1. The van der Waals surface area contributed by atoms with Crippen LogP contribution in [0.25, 0.3) is 10.2 Å². The molecular weight excluding hydrogens is 370 g/mol. The molecule has 3 aromatic rings. The van der Waals surface area contributed by atoms with Gasteiger partial charge in [-0.15, -0.1) is 23.1 Å². The molecule has 0 saturated carbocycles. The van der Waals surface area contributed by atoms with Gasteiger partial charge < -0.3 is 10.1 Å². The van der Waals surface area contributed by atoms with E-state index in [9.17, 15) is 9.59 Å². The van der Waals surface area contributed by atoms with Crippen LogP contribution in [-0.4, -0.2) is 29.2 Å². The number of para-hydroxylation sites is 1. The van der Waals surface area contributed by atoms with Crippen molar-refractivity contribution in [2.75, 3.05) is 17.7 Å². The number of amides is 1. The minimum atomic E-state index is -0.567. The van der Waals surface area contributed by atoms with Crippen LogP contribution in [0.2, 0.25) is 0 Å². The molecule has 0 aliphatic heterocycles. The summed E-state index contributed by atoms with van der Waals surface area (Å²) in [4.78, 5) is 29.1. The van der Waals surface area contributed by atoms with Crippen molar-refractivity contribution in [1.82, 2.24) is 4.98 Å². The van der Waals surface area contributed by atoms with Gasteiger partial charge in [0.25, 0.3) is 5.91 Å². The molecule has 1 N–H and O–H groups in total. The van der Waals surface area contributed by atoms with Gasteiger partial charge in [0.2, 0.25) is 0 Å². The standard InChI is InChI=1S/C18H13N3O3S2/c19-7-8-25-15-4-2-1-3-14(15)21-17(22)10-24-18(23)12-5-6-13-16(9-12)26-11-20-13/h1-6,9,11H,8,10H2,(H,21,22). The van der Waals surface area contributed by atoms with Gasteiger partial charge in [-0.2, -0.15) is 5.26 Å². The molecule has 0 aliphatic rings. The van der Waals surface area contributed by atoms with E-state index in [1.54, 1.807) is 35.8 Å². The summed E-state index contributed by atoms with van der Waals surface area (Å²) < 4.78 is 5.96. The van der Waals surface area contributed by atoms with Gasteiger partial charge in [-0.25, -0.2) is 9.78 Å². The average molecular weight is 383 g/mol. The van der Waals surface area contributed by atoms with Crippen molar-refractivity contribution in [1.29, 1.82) is 5.26 Å². The number of carbonyl (C=O) groups is 2. The van der Waals surface area contributed by atoms with Gasteiger partial charge in [0, 0.05) is 4.90 Å². The molecule has 2 aromatic carbocycles. The van der Waals surface area contributed by atoms with E-state index in [1.807, 2.05) is 18.2 Å². The summed E-state index contributed by atoms with van der Waals surface area (Å²) in [6.07, 6.45) is 0. The molecule has 0 fully saturated rings. The maximum absolute atomic E-state index is 12.1. The third-order valence-electron chi connectivity index (χ3n) is 3.35. The Morgan fingerprint density at radius 1 is 1.27 bits per heavy atom. The first-order valence-electron chi connectivity index (χ1n) is 7.56. The van der Waals surface area contributed by atoms with Crippen molar-refractivity contribution in [3.8, 4) is 6.07 Å². The smallest absolute Gasteiger partial charge is 0.338 e. The number of carbonyl (C=O) groups excluding carboxylic acids is 2. The summed E-state index contributed by atoms with van der Waals surface area (Å²) in [6.45, 7) is -0.392. The number of hydrogen-bond donors (Lipinski definition) is 1. The Morgan fingerprint density at radius 2 is 2.12 bits per heavy atom. The number of hydrogen-bond acceptors (Lipinski definition) is 7. The highest BCUT2D eigenvalue weighted by atomic mass is 32.2. The number of thioether (sulfide) groups is 1. The third kappa shape index (κ3) is 4.39. The first kappa shape index (κ1) is 17.9. The maximum atomic E-state index is 12.1. The molecular formula is C18H13N3O3S2. The number of thiazole rings is 1. The molecule has 0 atom stereocenters. The lowest BCUT2D eigenvalue weighted by Gasteiger charge is -2.10. The van der Waals surface area contributed by atoms with Crippen molar-refractivity contribution in [3.63, 3.8) is 0 Å². The highest BCUT2D eigenvalue weighted by molar-refractivity contribution is 7.99. The number of nitriles is 1. The van der Waals surface area contributed by atoms with E-state index in [0.29, 0.717) is 11.3 Å². The summed E-state index contributed by atoms with van der Waals surface area (Å²) >= 11 is 2.75. The Labute approximate surface area is 157 Å². The van der Waals surface area contributed by atoms with E-state index < -0.39 is 18.5 Å². The number of rotatable bonds is 6. The van der Waals surface area contributed by atoms with Gasteiger partial charge in [0.05, 0.1) is 38.8 Å². The Kier molecular flexibility index (Phi) is 5.84. The average Bonchev–Trinajstić information content (AvgIpc) is 3.13. The molecule has 0 radical (unpaired) electrons. The molecule has 0 saturated heterocycles. The fraction of sp³-hybridized carbons (Fsp3) is 0.111.